The maximum absolute atomic E-state index is 11.5. The number of nitrogens with zero attached hydrogens (tertiary/aromatic N) is 1. The van der Waals surface area contributed by atoms with Crippen molar-refractivity contribution in [3.63, 3.8) is 0 Å². The summed E-state index contributed by atoms with van der Waals surface area (Å²) in [6.45, 7) is 2.75. The summed E-state index contributed by atoms with van der Waals surface area (Å²) in [5.74, 6) is 0.141. The smallest absolute Gasteiger partial charge is 0.211 e. The number of nitrogens with two attached hydrogens (primary N) is 1. The van der Waals surface area contributed by atoms with E-state index in [1.807, 2.05) is 6.92 Å². The molecule has 0 radical (unpaired) electrons. The molecule has 3 N–H and O–H groups in total. The number of aryl methyl sites for hydroxylation is 1. The van der Waals surface area contributed by atoms with E-state index in [4.69, 9.17) is 5.73 Å². The first-order valence-electron chi connectivity index (χ1n) is 5.12. The zero-order valence-electron chi connectivity index (χ0n) is 9.27. The fourth-order valence-electron chi connectivity index (χ4n) is 1.18. The van der Waals surface area contributed by atoms with Crippen molar-refractivity contribution in [2.45, 2.75) is 26.3 Å². The quantitative estimate of drug-likeness (QED) is 0.706. The topological polar surface area (TPSA) is 85.1 Å². The molecule has 0 saturated heterocycles. The third kappa shape index (κ3) is 5.02. The zero-order chi connectivity index (χ0) is 12.0. The molecule has 16 heavy (non-hydrogen) atoms. The molecule has 1 aromatic heterocycles. The number of aromatic nitrogens is 1. The summed E-state index contributed by atoms with van der Waals surface area (Å²) >= 11 is 1.50. The molecule has 0 aliphatic carbocycles. The van der Waals surface area contributed by atoms with Crippen molar-refractivity contribution in [1.82, 2.24) is 9.71 Å². The molecule has 1 heterocycles. The lowest BCUT2D eigenvalue weighted by Crippen LogP contribution is -2.25. The van der Waals surface area contributed by atoms with E-state index in [0.29, 0.717) is 19.5 Å². The summed E-state index contributed by atoms with van der Waals surface area (Å²) in [6, 6.07) is 0. The molecule has 0 amide bonds. The average molecular weight is 263 g/mol. The standard InChI is InChI=1S/C9H17N3O2S2/c1-8-11-6-9(15-8)7-12-16(13,14)5-3-2-4-10/h6,12H,2-5,7,10H2,1H3. The van der Waals surface area contributed by atoms with Gasteiger partial charge in [-0.1, -0.05) is 0 Å². The summed E-state index contributed by atoms with van der Waals surface area (Å²) in [4.78, 5) is 4.99. The highest BCUT2D eigenvalue weighted by Crippen LogP contribution is 2.11. The van der Waals surface area contributed by atoms with Gasteiger partial charge in [0.15, 0.2) is 0 Å². The first-order valence-corrected chi connectivity index (χ1v) is 7.59. The Kier molecular flexibility index (Phi) is 5.33. The summed E-state index contributed by atoms with van der Waals surface area (Å²) < 4.78 is 25.6. The van der Waals surface area contributed by atoms with Crippen molar-refractivity contribution in [3.8, 4) is 0 Å². The molecule has 1 rings (SSSR count). The van der Waals surface area contributed by atoms with E-state index in [9.17, 15) is 8.42 Å². The minimum atomic E-state index is -3.17. The summed E-state index contributed by atoms with van der Waals surface area (Å²) in [7, 11) is -3.17. The third-order valence-electron chi connectivity index (χ3n) is 2.00. The number of thiazole rings is 1. The Hall–Kier alpha value is -0.500. The minimum absolute atomic E-state index is 0.141. The zero-order valence-corrected chi connectivity index (χ0v) is 10.9. The van der Waals surface area contributed by atoms with E-state index in [1.165, 1.54) is 11.3 Å². The maximum atomic E-state index is 11.5. The Balaban J connectivity index is 2.36. The molecule has 1 aromatic rings. The number of unbranched alkanes of at least 4 members (excludes halogenated alkanes) is 1. The number of hydrogen-bond acceptors (Lipinski definition) is 5. The first kappa shape index (κ1) is 13.6. The van der Waals surface area contributed by atoms with Crippen LogP contribution < -0.4 is 10.5 Å². The maximum Gasteiger partial charge on any atom is 0.211 e. The summed E-state index contributed by atoms with van der Waals surface area (Å²) in [5, 5.41) is 0.942. The molecule has 0 aliphatic rings. The molecule has 0 aromatic carbocycles. The van der Waals surface area contributed by atoms with E-state index in [1.54, 1.807) is 6.20 Å². The van der Waals surface area contributed by atoms with Crippen molar-refractivity contribution < 1.29 is 8.42 Å². The monoisotopic (exact) mass is 263 g/mol. The Morgan fingerprint density at radius 1 is 1.50 bits per heavy atom. The highest BCUT2D eigenvalue weighted by atomic mass is 32.2. The van der Waals surface area contributed by atoms with Crippen LogP contribution in [0.25, 0.3) is 0 Å². The Labute approximate surface area is 100 Å². The van der Waals surface area contributed by atoms with Crippen LogP contribution in [0.15, 0.2) is 6.20 Å². The summed E-state index contributed by atoms with van der Waals surface area (Å²) in [6.07, 6.45) is 3.04. The fourth-order valence-corrected chi connectivity index (χ4v) is 3.11. The van der Waals surface area contributed by atoms with E-state index < -0.39 is 10.0 Å². The van der Waals surface area contributed by atoms with Crippen LogP contribution in [0.1, 0.15) is 22.7 Å². The molecule has 0 unspecified atom stereocenters. The van der Waals surface area contributed by atoms with Crippen LogP contribution in [-0.2, 0) is 16.6 Å². The molecular weight excluding hydrogens is 246 g/mol. The highest BCUT2D eigenvalue weighted by molar-refractivity contribution is 7.89. The van der Waals surface area contributed by atoms with Gasteiger partial charge in [-0.25, -0.2) is 18.1 Å². The van der Waals surface area contributed by atoms with Gasteiger partial charge in [-0.05, 0) is 26.3 Å². The molecule has 92 valence electrons. The normalized spacial score (nSPS) is 11.9. The largest absolute Gasteiger partial charge is 0.330 e. The molecule has 0 bridgehead atoms. The average Bonchev–Trinajstić information content (AvgIpc) is 2.62. The van der Waals surface area contributed by atoms with Crippen molar-refractivity contribution in [1.29, 1.82) is 0 Å². The Bertz CT molecular complexity index is 414. The number of rotatable bonds is 7. The SMILES string of the molecule is Cc1ncc(CNS(=O)(=O)CCCCN)s1. The second kappa shape index (κ2) is 6.29. The summed E-state index contributed by atoms with van der Waals surface area (Å²) in [5.41, 5.74) is 5.30. The van der Waals surface area contributed by atoms with Gasteiger partial charge in [-0.3, -0.25) is 0 Å². The van der Waals surface area contributed by atoms with Crippen molar-refractivity contribution in [2.24, 2.45) is 5.73 Å². The molecule has 0 spiro atoms. The molecule has 0 atom stereocenters. The first-order chi connectivity index (χ1) is 7.53. The van der Waals surface area contributed by atoms with Crippen LogP contribution >= 0.6 is 11.3 Å². The molecule has 0 fully saturated rings. The lowest BCUT2D eigenvalue weighted by atomic mass is 10.3. The van der Waals surface area contributed by atoms with Crippen LogP contribution in [0.4, 0.5) is 0 Å². The number of hydrogen-bond donors (Lipinski definition) is 2. The molecule has 7 heteroatoms. The van der Waals surface area contributed by atoms with Crippen LogP contribution in [0.5, 0.6) is 0 Å². The van der Waals surface area contributed by atoms with Gasteiger partial charge in [0.1, 0.15) is 0 Å². The van der Waals surface area contributed by atoms with Gasteiger partial charge < -0.3 is 5.73 Å². The third-order valence-corrected chi connectivity index (χ3v) is 4.33. The predicted octanol–water partition coefficient (Wildman–Crippen LogP) is 0.610. The van der Waals surface area contributed by atoms with Gasteiger partial charge in [-0.15, -0.1) is 11.3 Å². The van der Waals surface area contributed by atoms with Crippen LogP contribution in [0, 0.1) is 6.92 Å². The van der Waals surface area contributed by atoms with E-state index >= 15 is 0 Å². The van der Waals surface area contributed by atoms with Gasteiger partial charge in [0, 0.05) is 17.6 Å². The number of nitrogens with one attached hydrogen (secondary N) is 1. The molecule has 0 aliphatic heterocycles. The lowest BCUT2D eigenvalue weighted by Gasteiger charge is -2.04. The van der Waals surface area contributed by atoms with Crippen LogP contribution in [0.3, 0.4) is 0 Å². The van der Waals surface area contributed by atoms with Crippen LogP contribution in [-0.4, -0.2) is 25.7 Å². The second-order valence-corrected chi connectivity index (χ2v) is 6.73. The molecule has 5 nitrogen and oxygen atoms in total. The van der Waals surface area contributed by atoms with Crippen molar-refractivity contribution >= 4 is 21.4 Å². The van der Waals surface area contributed by atoms with E-state index in [-0.39, 0.29) is 5.75 Å². The van der Waals surface area contributed by atoms with Crippen LogP contribution in [0.2, 0.25) is 0 Å². The molecular formula is C9H17N3O2S2. The van der Waals surface area contributed by atoms with E-state index in [0.717, 1.165) is 16.3 Å². The van der Waals surface area contributed by atoms with Gasteiger partial charge in [-0.2, -0.15) is 0 Å². The van der Waals surface area contributed by atoms with Crippen molar-refractivity contribution in [3.05, 3.63) is 16.1 Å². The van der Waals surface area contributed by atoms with Gasteiger partial charge in [0.05, 0.1) is 10.8 Å². The second-order valence-electron chi connectivity index (χ2n) is 3.48. The Morgan fingerprint density at radius 3 is 2.81 bits per heavy atom. The molecule has 0 saturated carbocycles. The van der Waals surface area contributed by atoms with Crippen molar-refractivity contribution in [2.75, 3.05) is 12.3 Å². The van der Waals surface area contributed by atoms with Gasteiger partial charge in [0.25, 0.3) is 0 Å². The van der Waals surface area contributed by atoms with Gasteiger partial charge >= 0.3 is 0 Å². The fraction of sp³-hybridized carbons (Fsp3) is 0.667. The van der Waals surface area contributed by atoms with E-state index in [2.05, 4.69) is 9.71 Å². The predicted molar refractivity (Wildman–Crippen MR) is 65.8 cm³/mol. The highest BCUT2D eigenvalue weighted by Gasteiger charge is 2.09. The lowest BCUT2D eigenvalue weighted by molar-refractivity contribution is 0.577. The van der Waals surface area contributed by atoms with Gasteiger partial charge in [0.2, 0.25) is 10.0 Å². The Morgan fingerprint density at radius 2 is 2.25 bits per heavy atom. The minimum Gasteiger partial charge on any atom is -0.330 e. The number of sulfonamides is 1.